The lowest BCUT2D eigenvalue weighted by molar-refractivity contribution is 0.625. The van der Waals surface area contributed by atoms with Crippen LogP contribution in [0.15, 0.2) is 27.1 Å². The number of nitrogens with zero attached hydrogens (tertiary/aromatic N) is 1. The molecule has 0 aliphatic carbocycles. The second-order valence-corrected chi connectivity index (χ2v) is 6.64. The largest absolute Gasteiger partial charge is 0.223 e. The molecular formula is C11H13BrFNS. The molecule has 1 nitrogen and oxygen atoms in total. The van der Waals surface area contributed by atoms with E-state index in [4.69, 9.17) is 0 Å². The Morgan fingerprint density at radius 3 is 2.67 bits per heavy atom. The topological polar surface area (TPSA) is 12.4 Å². The Balaban J connectivity index is 2.76. The fourth-order valence-electron chi connectivity index (χ4n) is 0.855. The summed E-state index contributed by atoms with van der Waals surface area (Å²) >= 11 is 4.72. The second kappa shape index (κ2) is 5.12. The third kappa shape index (κ3) is 4.80. The summed E-state index contributed by atoms with van der Waals surface area (Å²) in [6.07, 6.45) is 1.55. The molecule has 0 heterocycles. The normalized spacial score (nSPS) is 12.3. The molecule has 0 aliphatic rings. The van der Waals surface area contributed by atoms with Crippen LogP contribution in [0.3, 0.4) is 0 Å². The summed E-state index contributed by atoms with van der Waals surface area (Å²) < 4.78 is 18.3. The zero-order valence-electron chi connectivity index (χ0n) is 8.92. The maximum Gasteiger partial charge on any atom is 0.132 e. The lowest BCUT2D eigenvalue weighted by Gasteiger charge is -2.12. The minimum atomic E-state index is -0.253. The van der Waals surface area contributed by atoms with Crippen LogP contribution in [-0.4, -0.2) is 11.0 Å². The van der Waals surface area contributed by atoms with Crippen LogP contribution in [0.4, 0.5) is 4.39 Å². The molecular weight excluding hydrogens is 277 g/mol. The molecule has 1 rings (SSSR count). The highest BCUT2D eigenvalue weighted by atomic mass is 79.9. The second-order valence-electron chi connectivity index (χ2n) is 4.10. The molecule has 0 fully saturated rings. The van der Waals surface area contributed by atoms with Crippen LogP contribution < -0.4 is 0 Å². The van der Waals surface area contributed by atoms with Gasteiger partial charge in [0.15, 0.2) is 0 Å². The number of hydrogen-bond acceptors (Lipinski definition) is 2. The molecule has 82 valence electrons. The van der Waals surface area contributed by atoms with Crippen LogP contribution in [0.1, 0.15) is 26.3 Å². The zero-order chi connectivity index (χ0) is 11.5. The van der Waals surface area contributed by atoms with Gasteiger partial charge in [0.25, 0.3) is 0 Å². The van der Waals surface area contributed by atoms with Crippen molar-refractivity contribution in [3.63, 3.8) is 0 Å². The Morgan fingerprint density at radius 2 is 2.07 bits per heavy atom. The van der Waals surface area contributed by atoms with E-state index < -0.39 is 0 Å². The highest BCUT2D eigenvalue weighted by Crippen LogP contribution is 2.24. The first kappa shape index (κ1) is 12.7. The Hall–Kier alpha value is -0.350. The van der Waals surface area contributed by atoms with E-state index in [-0.39, 0.29) is 10.6 Å². The van der Waals surface area contributed by atoms with E-state index in [1.165, 1.54) is 18.0 Å². The third-order valence-electron chi connectivity index (χ3n) is 1.48. The van der Waals surface area contributed by atoms with Crippen molar-refractivity contribution < 1.29 is 4.39 Å². The average molecular weight is 290 g/mol. The van der Waals surface area contributed by atoms with E-state index in [0.717, 1.165) is 4.47 Å². The van der Waals surface area contributed by atoms with Crippen molar-refractivity contribution in [2.24, 2.45) is 4.40 Å². The maximum atomic E-state index is 13.3. The van der Waals surface area contributed by atoms with Gasteiger partial charge in [0.05, 0.1) is 0 Å². The first-order valence-electron chi connectivity index (χ1n) is 4.55. The van der Waals surface area contributed by atoms with Gasteiger partial charge in [-0.05, 0) is 50.9 Å². The van der Waals surface area contributed by atoms with Gasteiger partial charge < -0.3 is 0 Å². The van der Waals surface area contributed by atoms with Crippen molar-refractivity contribution in [2.75, 3.05) is 0 Å². The number of hydrogen-bond donors (Lipinski definition) is 0. The molecule has 15 heavy (non-hydrogen) atoms. The van der Waals surface area contributed by atoms with Gasteiger partial charge in [-0.15, -0.1) is 0 Å². The first-order chi connectivity index (χ1) is 6.88. The molecule has 0 spiro atoms. The maximum absolute atomic E-state index is 13.3. The zero-order valence-corrected chi connectivity index (χ0v) is 11.3. The quantitative estimate of drug-likeness (QED) is 0.579. The lowest BCUT2D eigenvalue weighted by Crippen LogP contribution is -2.05. The lowest BCUT2D eigenvalue weighted by atomic mass is 10.2. The minimum Gasteiger partial charge on any atom is -0.223 e. The molecule has 0 saturated heterocycles. The highest BCUT2D eigenvalue weighted by molar-refractivity contribution is 9.10. The van der Waals surface area contributed by atoms with E-state index in [1.807, 2.05) is 0 Å². The van der Waals surface area contributed by atoms with Crippen LogP contribution in [0.2, 0.25) is 0 Å². The molecule has 0 amide bonds. The van der Waals surface area contributed by atoms with E-state index in [2.05, 4.69) is 41.1 Å². The Bertz CT molecular complexity index is 371. The number of halogens is 2. The smallest absolute Gasteiger partial charge is 0.132 e. The molecule has 1 aromatic carbocycles. The monoisotopic (exact) mass is 289 g/mol. The standard InChI is InChI=1S/C11H13BrFNS/c1-11(2,3)15-14-7-8-6-9(12)4-5-10(8)13/h4-7H,1-3H3. The number of rotatable bonds is 2. The fraction of sp³-hybridized carbons (Fsp3) is 0.364. The van der Waals surface area contributed by atoms with Crippen LogP contribution >= 0.6 is 27.9 Å². The summed E-state index contributed by atoms with van der Waals surface area (Å²) in [7, 11) is 0. The van der Waals surface area contributed by atoms with Crippen LogP contribution in [0.25, 0.3) is 0 Å². The third-order valence-corrected chi connectivity index (χ3v) is 2.73. The summed E-state index contributed by atoms with van der Waals surface area (Å²) in [6, 6.07) is 4.80. The first-order valence-corrected chi connectivity index (χ1v) is 6.12. The van der Waals surface area contributed by atoms with Crippen LogP contribution in [0.5, 0.6) is 0 Å². The molecule has 0 saturated carbocycles. The minimum absolute atomic E-state index is 0.0546. The highest BCUT2D eigenvalue weighted by Gasteiger charge is 2.09. The van der Waals surface area contributed by atoms with Gasteiger partial charge in [-0.1, -0.05) is 15.9 Å². The van der Waals surface area contributed by atoms with E-state index >= 15 is 0 Å². The van der Waals surface area contributed by atoms with Crippen molar-refractivity contribution >= 4 is 34.1 Å². The molecule has 0 aliphatic heterocycles. The summed E-state index contributed by atoms with van der Waals surface area (Å²) in [5, 5.41) is 0. The Labute approximate surface area is 102 Å². The Kier molecular flexibility index (Phi) is 4.34. The predicted molar refractivity (Wildman–Crippen MR) is 69.0 cm³/mol. The van der Waals surface area contributed by atoms with Gasteiger partial charge in [0.1, 0.15) is 5.82 Å². The van der Waals surface area contributed by atoms with Gasteiger partial charge in [0, 0.05) is 21.0 Å². The molecule has 1 aromatic rings. The van der Waals surface area contributed by atoms with Crippen molar-refractivity contribution in [3.05, 3.63) is 34.1 Å². The van der Waals surface area contributed by atoms with E-state index in [0.29, 0.717) is 5.56 Å². The molecule has 0 radical (unpaired) electrons. The molecule has 0 atom stereocenters. The SMILES string of the molecule is CC(C)(C)SN=Cc1cc(Br)ccc1F. The van der Waals surface area contributed by atoms with Crippen LogP contribution in [0, 0.1) is 5.82 Å². The van der Waals surface area contributed by atoms with Gasteiger partial charge >= 0.3 is 0 Å². The Morgan fingerprint density at radius 1 is 1.40 bits per heavy atom. The van der Waals surface area contributed by atoms with E-state index in [1.54, 1.807) is 18.3 Å². The van der Waals surface area contributed by atoms with Gasteiger partial charge in [-0.2, -0.15) is 0 Å². The molecule has 0 bridgehead atoms. The molecule has 4 heteroatoms. The average Bonchev–Trinajstić information content (AvgIpc) is 2.09. The van der Waals surface area contributed by atoms with Crippen molar-refractivity contribution in [3.8, 4) is 0 Å². The molecule has 0 N–H and O–H groups in total. The summed E-state index contributed by atoms with van der Waals surface area (Å²) in [4.78, 5) is 0. The summed E-state index contributed by atoms with van der Waals surface area (Å²) in [5.41, 5.74) is 0.501. The van der Waals surface area contributed by atoms with E-state index in [9.17, 15) is 4.39 Å². The van der Waals surface area contributed by atoms with Gasteiger partial charge in [-0.3, -0.25) is 0 Å². The molecule has 0 unspecified atom stereocenters. The van der Waals surface area contributed by atoms with Crippen molar-refractivity contribution in [2.45, 2.75) is 25.5 Å². The van der Waals surface area contributed by atoms with Gasteiger partial charge in [-0.25, -0.2) is 8.79 Å². The summed E-state index contributed by atoms with van der Waals surface area (Å²) in [5.74, 6) is -0.253. The predicted octanol–water partition coefficient (Wildman–Crippen LogP) is 4.45. The summed E-state index contributed by atoms with van der Waals surface area (Å²) in [6.45, 7) is 6.19. The fourth-order valence-corrected chi connectivity index (χ4v) is 1.72. The number of benzene rings is 1. The van der Waals surface area contributed by atoms with Crippen molar-refractivity contribution in [1.82, 2.24) is 0 Å². The van der Waals surface area contributed by atoms with Crippen LogP contribution in [-0.2, 0) is 0 Å². The van der Waals surface area contributed by atoms with Crippen molar-refractivity contribution in [1.29, 1.82) is 0 Å². The van der Waals surface area contributed by atoms with Gasteiger partial charge in [0.2, 0.25) is 0 Å². The molecule has 0 aromatic heterocycles.